The molecule has 1 aliphatic heterocycles. The van der Waals surface area contributed by atoms with E-state index in [1.54, 1.807) is 24.5 Å². The van der Waals surface area contributed by atoms with Crippen LogP contribution in [0.1, 0.15) is 39.1 Å². The van der Waals surface area contributed by atoms with E-state index in [-0.39, 0.29) is 17.9 Å². The van der Waals surface area contributed by atoms with Crippen LogP contribution < -0.4 is 5.32 Å². The number of rotatable bonds is 3. The van der Waals surface area contributed by atoms with E-state index in [0.717, 1.165) is 18.4 Å². The van der Waals surface area contributed by atoms with Crippen molar-refractivity contribution in [2.24, 2.45) is 0 Å². The zero-order chi connectivity index (χ0) is 16.9. The maximum atomic E-state index is 12.4. The maximum absolute atomic E-state index is 12.4. The van der Waals surface area contributed by atoms with Crippen molar-refractivity contribution in [3.05, 3.63) is 65.5 Å². The fraction of sp³-hybridized carbons (Fsp3) is 0.316. The summed E-state index contributed by atoms with van der Waals surface area (Å²) in [6.45, 7) is 3.30. The van der Waals surface area contributed by atoms with Gasteiger partial charge in [-0.2, -0.15) is 0 Å². The zero-order valence-corrected chi connectivity index (χ0v) is 13.7. The van der Waals surface area contributed by atoms with Crippen molar-refractivity contribution in [1.29, 1.82) is 0 Å². The molecule has 1 aromatic carbocycles. The van der Waals surface area contributed by atoms with Crippen LogP contribution >= 0.6 is 0 Å². The average molecular weight is 323 g/mol. The van der Waals surface area contributed by atoms with Gasteiger partial charge in [-0.05, 0) is 44.0 Å². The molecule has 5 heteroatoms. The lowest BCUT2D eigenvalue weighted by atomic mass is 10.0. The molecule has 1 aliphatic rings. The standard InChI is InChI=1S/C19H21N3O2/c1-14-2-4-15(5-3-14)18(23)21-17-8-12-22(13-9-17)19(24)16-6-10-20-11-7-16/h2-7,10-11,17H,8-9,12-13H2,1H3,(H,21,23). The van der Waals surface area contributed by atoms with E-state index in [1.807, 2.05) is 36.1 Å². The third kappa shape index (κ3) is 3.79. The summed E-state index contributed by atoms with van der Waals surface area (Å²) in [7, 11) is 0. The van der Waals surface area contributed by atoms with Crippen molar-refractivity contribution in [3.63, 3.8) is 0 Å². The molecule has 1 fully saturated rings. The summed E-state index contributed by atoms with van der Waals surface area (Å²) >= 11 is 0. The number of aromatic nitrogens is 1. The Balaban J connectivity index is 1.53. The van der Waals surface area contributed by atoms with Crippen molar-refractivity contribution in [3.8, 4) is 0 Å². The highest BCUT2D eigenvalue weighted by atomic mass is 16.2. The van der Waals surface area contributed by atoms with Gasteiger partial charge in [0.15, 0.2) is 0 Å². The predicted molar refractivity (Wildman–Crippen MR) is 91.8 cm³/mol. The second kappa shape index (κ2) is 7.25. The van der Waals surface area contributed by atoms with Gasteiger partial charge in [-0.3, -0.25) is 14.6 Å². The molecule has 5 nitrogen and oxygen atoms in total. The summed E-state index contributed by atoms with van der Waals surface area (Å²) in [5.74, 6) is -0.0189. The number of hydrogen-bond acceptors (Lipinski definition) is 3. The van der Waals surface area contributed by atoms with E-state index >= 15 is 0 Å². The van der Waals surface area contributed by atoms with Crippen molar-refractivity contribution < 1.29 is 9.59 Å². The molecule has 1 aromatic heterocycles. The quantitative estimate of drug-likeness (QED) is 0.943. The first-order chi connectivity index (χ1) is 11.6. The van der Waals surface area contributed by atoms with Crippen molar-refractivity contribution in [1.82, 2.24) is 15.2 Å². The van der Waals surface area contributed by atoms with Crippen LogP contribution in [-0.2, 0) is 0 Å². The van der Waals surface area contributed by atoms with Gasteiger partial charge in [-0.1, -0.05) is 17.7 Å². The summed E-state index contributed by atoms with van der Waals surface area (Å²) < 4.78 is 0. The summed E-state index contributed by atoms with van der Waals surface area (Å²) in [6, 6.07) is 11.1. The van der Waals surface area contributed by atoms with E-state index in [2.05, 4.69) is 10.3 Å². The number of carbonyl (C=O) groups is 2. The highest BCUT2D eigenvalue weighted by Crippen LogP contribution is 2.14. The molecule has 0 spiro atoms. The molecule has 0 radical (unpaired) electrons. The van der Waals surface area contributed by atoms with Gasteiger partial charge in [-0.15, -0.1) is 0 Å². The lowest BCUT2D eigenvalue weighted by Crippen LogP contribution is -2.46. The average Bonchev–Trinajstić information content (AvgIpc) is 2.63. The maximum Gasteiger partial charge on any atom is 0.253 e. The molecule has 1 saturated heterocycles. The number of aryl methyl sites for hydroxylation is 1. The Bertz CT molecular complexity index is 705. The first-order valence-corrected chi connectivity index (χ1v) is 8.20. The molecule has 0 unspecified atom stereocenters. The summed E-state index contributed by atoms with van der Waals surface area (Å²) in [4.78, 5) is 30.4. The van der Waals surface area contributed by atoms with Crippen LogP contribution in [0, 0.1) is 6.92 Å². The highest BCUT2D eigenvalue weighted by Gasteiger charge is 2.24. The second-order valence-corrected chi connectivity index (χ2v) is 6.14. The summed E-state index contributed by atoms with van der Waals surface area (Å²) in [6.07, 6.45) is 4.80. The van der Waals surface area contributed by atoms with Crippen LogP contribution in [0.3, 0.4) is 0 Å². The zero-order valence-electron chi connectivity index (χ0n) is 13.7. The molecule has 2 amide bonds. The Morgan fingerprint density at radius 2 is 1.62 bits per heavy atom. The molecule has 0 aliphatic carbocycles. The number of benzene rings is 1. The molecule has 0 atom stereocenters. The number of amides is 2. The van der Waals surface area contributed by atoms with Crippen LogP contribution in [0.4, 0.5) is 0 Å². The monoisotopic (exact) mass is 323 g/mol. The van der Waals surface area contributed by atoms with Gasteiger partial charge in [0.1, 0.15) is 0 Å². The largest absolute Gasteiger partial charge is 0.349 e. The van der Waals surface area contributed by atoms with E-state index in [4.69, 9.17) is 0 Å². The molecule has 24 heavy (non-hydrogen) atoms. The van der Waals surface area contributed by atoms with Gasteiger partial charge in [-0.25, -0.2) is 0 Å². The molecule has 124 valence electrons. The van der Waals surface area contributed by atoms with Gasteiger partial charge in [0, 0.05) is 42.7 Å². The van der Waals surface area contributed by atoms with E-state index < -0.39 is 0 Å². The lowest BCUT2D eigenvalue weighted by Gasteiger charge is -2.32. The van der Waals surface area contributed by atoms with Crippen LogP contribution in [-0.4, -0.2) is 40.8 Å². The highest BCUT2D eigenvalue weighted by molar-refractivity contribution is 5.95. The number of nitrogens with one attached hydrogen (secondary N) is 1. The van der Waals surface area contributed by atoms with Crippen molar-refractivity contribution in [2.45, 2.75) is 25.8 Å². The molecule has 2 heterocycles. The smallest absolute Gasteiger partial charge is 0.253 e. The lowest BCUT2D eigenvalue weighted by molar-refractivity contribution is 0.0698. The van der Waals surface area contributed by atoms with E-state index in [0.29, 0.717) is 24.2 Å². The Labute approximate surface area is 141 Å². The first kappa shape index (κ1) is 16.2. The summed E-state index contributed by atoms with van der Waals surface area (Å²) in [5, 5.41) is 3.07. The Morgan fingerprint density at radius 1 is 1.00 bits per heavy atom. The number of pyridine rings is 1. The van der Waals surface area contributed by atoms with Crippen molar-refractivity contribution in [2.75, 3.05) is 13.1 Å². The molecule has 3 rings (SSSR count). The van der Waals surface area contributed by atoms with Gasteiger partial charge in [0.25, 0.3) is 11.8 Å². The minimum Gasteiger partial charge on any atom is -0.349 e. The molecular formula is C19H21N3O2. The Kier molecular flexibility index (Phi) is 4.89. The van der Waals surface area contributed by atoms with Crippen molar-refractivity contribution >= 4 is 11.8 Å². The minimum atomic E-state index is -0.0473. The fourth-order valence-electron chi connectivity index (χ4n) is 2.88. The Hall–Kier alpha value is -2.69. The van der Waals surface area contributed by atoms with Crippen LogP contribution in [0.5, 0.6) is 0 Å². The predicted octanol–water partition coefficient (Wildman–Crippen LogP) is 2.42. The fourth-order valence-corrected chi connectivity index (χ4v) is 2.88. The second-order valence-electron chi connectivity index (χ2n) is 6.14. The number of carbonyl (C=O) groups excluding carboxylic acids is 2. The van der Waals surface area contributed by atoms with E-state index in [1.165, 1.54) is 0 Å². The number of piperidine rings is 1. The van der Waals surface area contributed by atoms with Gasteiger partial charge >= 0.3 is 0 Å². The van der Waals surface area contributed by atoms with Crippen LogP contribution in [0.2, 0.25) is 0 Å². The molecule has 1 N–H and O–H groups in total. The third-order valence-corrected chi connectivity index (χ3v) is 4.36. The molecule has 0 saturated carbocycles. The van der Waals surface area contributed by atoms with Gasteiger partial charge in [0.05, 0.1) is 0 Å². The minimum absolute atomic E-state index is 0.0284. The van der Waals surface area contributed by atoms with Gasteiger partial charge < -0.3 is 10.2 Å². The van der Waals surface area contributed by atoms with Crippen LogP contribution in [0.25, 0.3) is 0 Å². The van der Waals surface area contributed by atoms with E-state index in [9.17, 15) is 9.59 Å². The third-order valence-electron chi connectivity index (χ3n) is 4.36. The number of hydrogen-bond donors (Lipinski definition) is 1. The number of likely N-dealkylation sites (tertiary alicyclic amines) is 1. The normalized spacial score (nSPS) is 15.1. The molecular weight excluding hydrogens is 302 g/mol. The van der Waals surface area contributed by atoms with Gasteiger partial charge in [0.2, 0.25) is 0 Å². The summed E-state index contributed by atoms with van der Waals surface area (Å²) in [5.41, 5.74) is 2.47. The number of nitrogens with zero attached hydrogens (tertiary/aromatic N) is 2. The van der Waals surface area contributed by atoms with Crippen LogP contribution in [0.15, 0.2) is 48.8 Å². The Morgan fingerprint density at radius 3 is 2.25 bits per heavy atom. The first-order valence-electron chi connectivity index (χ1n) is 8.20. The molecule has 0 bridgehead atoms. The molecule has 2 aromatic rings. The SMILES string of the molecule is Cc1ccc(C(=O)NC2CCN(C(=O)c3ccncc3)CC2)cc1. The topological polar surface area (TPSA) is 62.3 Å².